The van der Waals surface area contributed by atoms with Crippen LogP contribution in [0.15, 0.2) is 48.6 Å². The number of nitrogens with one attached hydrogen (secondary N) is 1. The molecule has 1 atom stereocenters. The first-order valence-corrected chi connectivity index (χ1v) is 23.8. The molecular formula is C50H89NO5. The van der Waals surface area contributed by atoms with Crippen LogP contribution in [0.1, 0.15) is 239 Å². The number of amides is 1. The molecule has 0 heterocycles. The van der Waals surface area contributed by atoms with Crippen LogP contribution in [0.25, 0.3) is 0 Å². The van der Waals surface area contributed by atoms with Gasteiger partial charge in [-0.05, 0) is 96.3 Å². The molecule has 56 heavy (non-hydrogen) atoms. The summed E-state index contributed by atoms with van der Waals surface area (Å²) in [4.78, 5) is 35.1. The van der Waals surface area contributed by atoms with Gasteiger partial charge < -0.3 is 15.2 Å². The van der Waals surface area contributed by atoms with Gasteiger partial charge in [0.15, 0.2) is 0 Å². The summed E-state index contributed by atoms with van der Waals surface area (Å²) >= 11 is 0. The highest BCUT2D eigenvalue weighted by molar-refractivity contribution is 5.80. The molecule has 0 aliphatic heterocycles. The summed E-state index contributed by atoms with van der Waals surface area (Å²) in [7, 11) is 0. The summed E-state index contributed by atoms with van der Waals surface area (Å²) < 4.78 is 6.02. The zero-order valence-electron chi connectivity index (χ0n) is 36.7. The molecule has 0 rings (SSSR count). The van der Waals surface area contributed by atoms with Crippen molar-refractivity contribution in [3.63, 3.8) is 0 Å². The van der Waals surface area contributed by atoms with Crippen molar-refractivity contribution in [3.8, 4) is 0 Å². The Bertz CT molecular complexity index is 999. The molecule has 2 N–H and O–H groups in total. The third-order valence-electron chi connectivity index (χ3n) is 10.5. The number of hydrogen-bond acceptors (Lipinski definition) is 4. The summed E-state index contributed by atoms with van der Waals surface area (Å²) in [6, 6.07) is 0. The standard InChI is InChI=1S/C50H89NO5/c1-3-5-7-9-11-13-15-16-17-18-19-20-21-22-23-24-25-26-28-30-32-37-41-45-50(55)56-47(42-38-34-31-29-27-14-12-10-8-6-4-2)43-39-35-33-36-40-44-48(52)51-46-49(53)54/h15-16,18-19,21-22,29,31,47H,3-14,17,20,23-28,30,32-46H2,1-2H3,(H,51,52)(H,53,54)/b16-15-,19-18-,22-21-,31-29-. The summed E-state index contributed by atoms with van der Waals surface area (Å²) in [5.74, 6) is -1.25. The van der Waals surface area contributed by atoms with Crippen LogP contribution in [-0.4, -0.2) is 35.6 Å². The van der Waals surface area contributed by atoms with Gasteiger partial charge in [0.1, 0.15) is 12.6 Å². The van der Waals surface area contributed by atoms with Crippen LogP contribution < -0.4 is 5.32 Å². The molecule has 0 aromatic heterocycles. The van der Waals surface area contributed by atoms with Crippen LogP contribution in [0.3, 0.4) is 0 Å². The summed E-state index contributed by atoms with van der Waals surface area (Å²) in [6.07, 6.45) is 58.2. The third kappa shape index (κ3) is 44.1. The fraction of sp³-hybridized carbons (Fsp3) is 0.780. The average Bonchev–Trinajstić information content (AvgIpc) is 3.18. The molecule has 6 nitrogen and oxygen atoms in total. The van der Waals surface area contributed by atoms with Crippen LogP contribution in [-0.2, 0) is 19.1 Å². The van der Waals surface area contributed by atoms with Crippen molar-refractivity contribution in [2.75, 3.05) is 6.54 Å². The molecule has 0 aliphatic carbocycles. The number of carboxylic acids is 1. The second-order valence-electron chi connectivity index (χ2n) is 16.0. The van der Waals surface area contributed by atoms with Gasteiger partial charge in [-0.15, -0.1) is 0 Å². The first-order chi connectivity index (χ1) is 27.5. The first-order valence-electron chi connectivity index (χ1n) is 23.8. The summed E-state index contributed by atoms with van der Waals surface area (Å²) in [5, 5.41) is 11.1. The van der Waals surface area contributed by atoms with E-state index in [0.29, 0.717) is 12.8 Å². The topological polar surface area (TPSA) is 92.7 Å². The van der Waals surface area contributed by atoms with Crippen molar-refractivity contribution >= 4 is 17.8 Å². The second kappa shape index (κ2) is 45.1. The minimum Gasteiger partial charge on any atom is -0.480 e. The van der Waals surface area contributed by atoms with Gasteiger partial charge in [-0.2, -0.15) is 0 Å². The molecule has 0 bridgehead atoms. The first kappa shape index (κ1) is 53.4. The van der Waals surface area contributed by atoms with E-state index in [4.69, 9.17) is 9.84 Å². The predicted octanol–water partition coefficient (Wildman–Crippen LogP) is 15.0. The van der Waals surface area contributed by atoms with Gasteiger partial charge in [-0.3, -0.25) is 14.4 Å². The van der Waals surface area contributed by atoms with E-state index >= 15 is 0 Å². The minimum atomic E-state index is -1.02. The van der Waals surface area contributed by atoms with Gasteiger partial charge in [0.25, 0.3) is 0 Å². The maximum atomic E-state index is 12.8. The van der Waals surface area contributed by atoms with Crippen LogP contribution in [0.4, 0.5) is 0 Å². The molecule has 1 unspecified atom stereocenters. The Hall–Kier alpha value is -2.63. The van der Waals surface area contributed by atoms with Crippen molar-refractivity contribution in [2.45, 2.75) is 245 Å². The number of ether oxygens (including phenoxy) is 1. The van der Waals surface area contributed by atoms with Crippen molar-refractivity contribution in [2.24, 2.45) is 0 Å². The normalized spacial score (nSPS) is 12.5. The number of carboxylic acid groups (broad SMARTS) is 1. The molecule has 0 radical (unpaired) electrons. The van der Waals surface area contributed by atoms with E-state index in [1.807, 2.05) is 0 Å². The lowest BCUT2D eigenvalue weighted by atomic mass is 10.0. The number of allylic oxidation sites excluding steroid dienone is 8. The Morgan fingerprint density at radius 3 is 1.34 bits per heavy atom. The number of unbranched alkanes of at least 4 members (excludes halogenated alkanes) is 24. The molecule has 6 heteroatoms. The largest absolute Gasteiger partial charge is 0.480 e. The van der Waals surface area contributed by atoms with Gasteiger partial charge in [0.05, 0.1) is 0 Å². The average molecular weight is 784 g/mol. The van der Waals surface area contributed by atoms with Crippen molar-refractivity contribution < 1.29 is 24.2 Å². The van der Waals surface area contributed by atoms with Crippen LogP contribution >= 0.6 is 0 Å². The highest BCUT2D eigenvalue weighted by Gasteiger charge is 2.14. The Labute approximate surface area is 346 Å². The predicted molar refractivity (Wildman–Crippen MR) is 240 cm³/mol. The van der Waals surface area contributed by atoms with Crippen molar-refractivity contribution in [3.05, 3.63) is 48.6 Å². The van der Waals surface area contributed by atoms with Crippen molar-refractivity contribution in [1.29, 1.82) is 0 Å². The van der Waals surface area contributed by atoms with E-state index in [1.54, 1.807) is 0 Å². The second-order valence-corrected chi connectivity index (χ2v) is 16.0. The van der Waals surface area contributed by atoms with Crippen molar-refractivity contribution in [1.82, 2.24) is 5.32 Å². The zero-order chi connectivity index (χ0) is 40.8. The Kier molecular flexibility index (Phi) is 43.0. The highest BCUT2D eigenvalue weighted by atomic mass is 16.5. The molecule has 0 spiro atoms. The lowest BCUT2D eigenvalue weighted by Gasteiger charge is -2.18. The molecule has 0 aliphatic rings. The van der Waals surface area contributed by atoms with Crippen LogP contribution in [0.5, 0.6) is 0 Å². The van der Waals surface area contributed by atoms with Gasteiger partial charge in [-0.1, -0.05) is 178 Å². The minimum absolute atomic E-state index is 0.00969. The third-order valence-corrected chi connectivity index (χ3v) is 10.5. The number of rotatable bonds is 43. The quantitative estimate of drug-likeness (QED) is 0.0365. The molecule has 0 aromatic carbocycles. The number of carbonyl (C=O) groups excluding carboxylic acids is 2. The Morgan fingerprint density at radius 1 is 0.464 bits per heavy atom. The number of esters is 1. The Morgan fingerprint density at radius 2 is 0.839 bits per heavy atom. The molecular weight excluding hydrogens is 695 g/mol. The van der Waals surface area contributed by atoms with E-state index in [1.165, 1.54) is 128 Å². The number of aliphatic carboxylic acids is 1. The molecule has 0 aromatic rings. The fourth-order valence-electron chi connectivity index (χ4n) is 6.93. The highest BCUT2D eigenvalue weighted by Crippen LogP contribution is 2.18. The van der Waals surface area contributed by atoms with Crippen LogP contribution in [0, 0.1) is 0 Å². The number of hydrogen-bond donors (Lipinski definition) is 2. The maximum absolute atomic E-state index is 12.8. The molecule has 324 valence electrons. The van der Waals surface area contributed by atoms with E-state index in [0.717, 1.165) is 83.5 Å². The maximum Gasteiger partial charge on any atom is 0.322 e. The zero-order valence-corrected chi connectivity index (χ0v) is 36.7. The molecule has 0 saturated carbocycles. The molecule has 0 fully saturated rings. The van der Waals surface area contributed by atoms with E-state index in [9.17, 15) is 14.4 Å². The Balaban J connectivity index is 4.09. The smallest absolute Gasteiger partial charge is 0.322 e. The fourth-order valence-corrected chi connectivity index (χ4v) is 6.93. The SMILES string of the molecule is CCCCCCC/C=C\C/C=C\C/C=C\CCCCCCCCCCC(=O)OC(CCC/C=C\CCCCCCCC)CCCCCCCC(=O)NCC(=O)O. The lowest BCUT2D eigenvalue weighted by Crippen LogP contribution is -2.28. The monoisotopic (exact) mass is 784 g/mol. The van der Waals surface area contributed by atoms with E-state index in [2.05, 4.69) is 67.8 Å². The van der Waals surface area contributed by atoms with Gasteiger partial charge in [0.2, 0.25) is 5.91 Å². The summed E-state index contributed by atoms with van der Waals surface area (Å²) in [5.41, 5.74) is 0. The van der Waals surface area contributed by atoms with Crippen LogP contribution in [0.2, 0.25) is 0 Å². The molecule has 0 saturated heterocycles. The van der Waals surface area contributed by atoms with Gasteiger partial charge in [-0.25, -0.2) is 0 Å². The van der Waals surface area contributed by atoms with Gasteiger partial charge in [0, 0.05) is 12.8 Å². The number of carbonyl (C=O) groups is 3. The molecule has 1 amide bonds. The van der Waals surface area contributed by atoms with E-state index < -0.39 is 5.97 Å². The van der Waals surface area contributed by atoms with E-state index in [-0.39, 0.29) is 24.5 Å². The van der Waals surface area contributed by atoms with Gasteiger partial charge >= 0.3 is 11.9 Å². The lowest BCUT2D eigenvalue weighted by molar-refractivity contribution is -0.150. The summed E-state index contributed by atoms with van der Waals surface area (Å²) in [6.45, 7) is 4.21.